The SMILES string of the molecule is C=C/C(=C\C=C\Cl)CS(=O)(=O)N(CC/C(=C/C=C\C)CF)CCC1CCC2=Cc3[nH]ncc3CC21C. The Kier molecular flexibility index (Phi) is 10.1. The third kappa shape index (κ3) is 6.75. The van der Waals surface area contributed by atoms with Crippen molar-refractivity contribution in [3.8, 4) is 0 Å². The highest BCUT2D eigenvalue weighted by atomic mass is 35.5. The van der Waals surface area contributed by atoms with Gasteiger partial charge in [-0.2, -0.15) is 5.10 Å². The number of hydrogen-bond donors (Lipinski definition) is 1. The van der Waals surface area contributed by atoms with Gasteiger partial charge in [-0.05, 0) is 73.1 Å². The molecule has 1 aromatic rings. The summed E-state index contributed by atoms with van der Waals surface area (Å²) in [6.07, 6.45) is 18.3. The first kappa shape index (κ1) is 28.4. The molecule has 2 aliphatic rings. The fraction of sp³-hybridized carbons (Fsp3) is 0.464. The van der Waals surface area contributed by atoms with Crippen molar-refractivity contribution >= 4 is 27.7 Å². The van der Waals surface area contributed by atoms with E-state index in [4.69, 9.17) is 11.6 Å². The number of allylic oxidation sites excluding steroid dienone is 7. The second-order valence-electron chi connectivity index (χ2n) is 9.75. The van der Waals surface area contributed by atoms with Gasteiger partial charge in [0.15, 0.2) is 0 Å². The molecule has 5 nitrogen and oxygen atoms in total. The van der Waals surface area contributed by atoms with Crippen molar-refractivity contribution in [1.29, 1.82) is 0 Å². The molecular formula is C28H37ClFN3O2S. The van der Waals surface area contributed by atoms with E-state index in [2.05, 4.69) is 29.8 Å². The number of sulfonamides is 1. The van der Waals surface area contributed by atoms with Gasteiger partial charge in [0.25, 0.3) is 0 Å². The topological polar surface area (TPSA) is 66.1 Å². The lowest BCUT2D eigenvalue weighted by Crippen LogP contribution is -2.38. The smallest absolute Gasteiger partial charge is 0.218 e. The molecule has 3 rings (SSSR count). The molecule has 1 heterocycles. The summed E-state index contributed by atoms with van der Waals surface area (Å²) in [5.74, 6) is 0.185. The van der Waals surface area contributed by atoms with Crippen molar-refractivity contribution in [2.24, 2.45) is 11.3 Å². The van der Waals surface area contributed by atoms with E-state index in [1.165, 1.54) is 27.1 Å². The zero-order valence-electron chi connectivity index (χ0n) is 21.2. The molecule has 1 aromatic heterocycles. The maximum absolute atomic E-state index is 13.6. The average Bonchev–Trinajstić information content (AvgIpc) is 3.44. The first-order valence-electron chi connectivity index (χ1n) is 12.4. The summed E-state index contributed by atoms with van der Waals surface area (Å²) in [7, 11) is -3.65. The van der Waals surface area contributed by atoms with Crippen molar-refractivity contribution in [1.82, 2.24) is 14.5 Å². The number of nitrogens with one attached hydrogen (secondary N) is 1. The Labute approximate surface area is 220 Å². The van der Waals surface area contributed by atoms with E-state index in [0.29, 0.717) is 30.0 Å². The van der Waals surface area contributed by atoms with Crippen LogP contribution < -0.4 is 0 Å². The molecule has 0 aromatic carbocycles. The lowest BCUT2D eigenvalue weighted by molar-refractivity contribution is 0.237. The lowest BCUT2D eigenvalue weighted by atomic mass is 9.69. The zero-order chi connectivity index (χ0) is 26.2. The average molecular weight is 534 g/mol. The van der Waals surface area contributed by atoms with Gasteiger partial charge in [0.05, 0.1) is 17.6 Å². The van der Waals surface area contributed by atoms with E-state index in [1.54, 1.807) is 24.3 Å². The maximum Gasteiger partial charge on any atom is 0.218 e. The van der Waals surface area contributed by atoms with Crippen LogP contribution >= 0.6 is 11.6 Å². The van der Waals surface area contributed by atoms with Gasteiger partial charge in [-0.15, -0.1) is 0 Å². The minimum Gasteiger partial charge on any atom is -0.278 e. The maximum atomic E-state index is 13.6. The molecule has 2 unspecified atom stereocenters. The molecule has 0 radical (unpaired) electrons. The highest BCUT2D eigenvalue weighted by molar-refractivity contribution is 7.89. The molecule has 36 heavy (non-hydrogen) atoms. The number of H-pyrrole nitrogens is 1. The van der Waals surface area contributed by atoms with Crippen molar-refractivity contribution in [2.75, 3.05) is 25.5 Å². The van der Waals surface area contributed by atoms with E-state index >= 15 is 0 Å². The highest BCUT2D eigenvalue weighted by Gasteiger charge is 2.45. The number of aromatic nitrogens is 2. The summed E-state index contributed by atoms with van der Waals surface area (Å²) in [5, 5.41) is 7.27. The van der Waals surface area contributed by atoms with Crippen LogP contribution in [0.3, 0.4) is 0 Å². The van der Waals surface area contributed by atoms with Crippen LogP contribution in [-0.2, 0) is 16.4 Å². The number of fused-ring (bicyclic) bond motifs is 2. The Morgan fingerprint density at radius 1 is 1.36 bits per heavy atom. The molecule has 1 N–H and O–H groups in total. The predicted molar refractivity (Wildman–Crippen MR) is 148 cm³/mol. The van der Waals surface area contributed by atoms with Crippen LogP contribution in [0.4, 0.5) is 4.39 Å². The van der Waals surface area contributed by atoms with Crippen LogP contribution in [0.25, 0.3) is 6.08 Å². The van der Waals surface area contributed by atoms with Crippen molar-refractivity contribution < 1.29 is 12.8 Å². The van der Waals surface area contributed by atoms with Gasteiger partial charge in [0, 0.05) is 18.6 Å². The Hall–Kier alpha value is -2.22. The molecule has 0 saturated heterocycles. The molecule has 2 aliphatic carbocycles. The van der Waals surface area contributed by atoms with Gasteiger partial charge in [0.2, 0.25) is 10.0 Å². The fourth-order valence-electron chi connectivity index (χ4n) is 5.33. The summed E-state index contributed by atoms with van der Waals surface area (Å²) in [6, 6.07) is 0. The van der Waals surface area contributed by atoms with E-state index in [0.717, 1.165) is 31.4 Å². The number of hydrogen-bond acceptors (Lipinski definition) is 3. The van der Waals surface area contributed by atoms with Crippen LogP contribution in [0, 0.1) is 11.3 Å². The Morgan fingerprint density at radius 2 is 2.17 bits per heavy atom. The van der Waals surface area contributed by atoms with Gasteiger partial charge in [0.1, 0.15) is 6.67 Å². The fourth-order valence-corrected chi connectivity index (χ4v) is 6.98. The molecule has 0 spiro atoms. The Morgan fingerprint density at radius 3 is 2.86 bits per heavy atom. The van der Waals surface area contributed by atoms with Crippen LogP contribution in [-0.4, -0.2) is 48.4 Å². The largest absolute Gasteiger partial charge is 0.278 e. The van der Waals surface area contributed by atoms with Gasteiger partial charge in [-0.3, -0.25) is 5.10 Å². The lowest BCUT2D eigenvalue weighted by Gasteiger charge is -2.36. The molecule has 0 amide bonds. The van der Waals surface area contributed by atoms with Gasteiger partial charge in [-0.25, -0.2) is 17.1 Å². The third-order valence-corrected chi connectivity index (χ3v) is 9.51. The van der Waals surface area contributed by atoms with Gasteiger partial charge >= 0.3 is 0 Å². The number of alkyl halides is 1. The van der Waals surface area contributed by atoms with Crippen LogP contribution in [0.1, 0.15) is 50.8 Å². The second kappa shape index (κ2) is 12.8. The van der Waals surface area contributed by atoms with Gasteiger partial charge < -0.3 is 0 Å². The predicted octanol–water partition coefficient (Wildman–Crippen LogP) is 6.51. The summed E-state index contributed by atoms with van der Waals surface area (Å²) in [4.78, 5) is 0. The molecule has 196 valence electrons. The van der Waals surface area contributed by atoms with E-state index in [-0.39, 0.29) is 17.7 Å². The quantitative estimate of drug-likeness (QED) is 0.294. The molecule has 2 atom stereocenters. The Bertz CT molecular complexity index is 1180. The van der Waals surface area contributed by atoms with E-state index in [9.17, 15) is 12.8 Å². The summed E-state index contributed by atoms with van der Waals surface area (Å²) < 4.78 is 42.1. The summed E-state index contributed by atoms with van der Waals surface area (Å²) >= 11 is 5.62. The summed E-state index contributed by atoms with van der Waals surface area (Å²) in [5.41, 5.74) is 6.19. The van der Waals surface area contributed by atoms with Crippen LogP contribution in [0.15, 0.2) is 71.5 Å². The first-order chi connectivity index (χ1) is 17.3. The second-order valence-corrected chi connectivity index (χ2v) is 12.0. The summed E-state index contributed by atoms with van der Waals surface area (Å²) in [6.45, 7) is 7.94. The minimum atomic E-state index is -3.65. The molecular weight excluding hydrogens is 497 g/mol. The molecule has 1 fully saturated rings. The normalized spacial score (nSPS) is 22.9. The highest BCUT2D eigenvalue weighted by Crippen LogP contribution is 2.53. The third-order valence-electron chi connectivity index (χ3n) is 7.52. The number of halogens is 2. The number of rotatable bonds is 13. The first-order valence-corrected chi connectivity index (χ1v) is 14.5. The van der Waals surface area contributed by atoms with Crippen LogP contribution in [0.2, 0.25) is 0 Å². The van der Waals surface area contributed by atoms with Crippen molar-refractivity contribution in [3.63, 3.8) is 0 Å². The molecule has 1 saturated carbocycles. The molecule has 0 bridgehead atoms. The number of nitrogens with zero attached hydrogens (tertiary/aromatic N) is 2. The monoisotopic (exact) mass is 533 g/mol. The van der Waals surface area contributed by atoms with Crippen LogP contribution in [0.5, 0.6) is 0 Å². The van der Waals surface area contributed by atoms with Crippen molar-refractivity contribution in [3.05, 3.63) is 82.7 Å². The number of aromatic amines is 1. The molecule has 0 aliphatic heterocycles. The Balaban J connectivity index is 1.78. The minimum absolute atomic E-state index is 0.000447. The zero-order valence-corrected chi connectivity index (χ0v) is 22.8. The standard InChI is InChI=1S/C28H37ClFN3O2S/c1-4-6-8-23(19-30)12-15-33(36(34,35)21-22(5-2)9-7-14-29)16-13-25-10-11-26-17-27-24(20-31-32-27)18-28(25,26)3/h4-9,14,17,20,25H,2,10-13,15-16,18-19,21H2,1,3H3,(H,31,32)/b6-4-,14-7+,22-9+,23-8-. The van der Waals surface area contributed by atoms with Gasteiger partial charge in [-0.1, -0.05) is 67.1 Å². The molecule has 8 heteroatoms. The van der Waals surface area contributed by atoms with E-state index < -0.39 is 16.7 Å². The van der Waals surface area contributed by atoms with E-state index in [1.807, 2.05) is 19.2 Å². The van der Waals surface area contributed by atoms with Crippen molar-refractivity contribution in [2.45, 2.75) is 46.0 Å².